The molecule has 0 aromatic heterocycles. The lowest BCUT2D eigenvalue weighted by Gasteiger charge is -2.22. The van der Waals surface area contributed by atoms with Gasteiger partial charge in [0.15, 0.2) is 0 Å². The van der Waals surface area contributed by atoms with Crippen molar-refractivity contribution in [3.8, 4) is 0 Å². The summed E-state index contributed by atoms with van der Waals surface area (Å²) in [7, 11) is 0. The molecule has 0 saturated carbocycles. The predicted octanol–water partition coefficient (Wildman–Crippen LogP) is 4.40. The third-order valence-corrected chi connectivity index (χ3v) is 4.13. The average molecular weight is 363 g/mol. The molecule has 0 fully saturated rings. The fourth-order valence-electron chi connectivity index (χ4n) is 2.74. The molecule has 2 amide bonds. The van der Waals surface area contributed by atoms with E-state index in [1.54, 1.807) is 0 Å². The Kier molecular flexibility index (Phi) is 5.80. The zero-order valence-electron chi connectivity index (χ0n) is 14.6. The van der Waals surface area contributed by atoms with Crippen molar-refractivity contribution < 1.29 is 14.0 Å². The lowest BCUT2D eigenvalue weighted by Crippen LogP contribution is -2.36. The van der Waals surface area contributed by atoms with Gasteiger partial charge in [0.1, 0.15) is 12.4 Å². The highest BCUT2D eigenvalue weighted by molar-refractivity contribution is 6.31. The van der Waals surface area contributed by atoms with Gasteiger partial charge in [-0.1, -0.05) is 29.3 Å². The second kappa shape index (κ2) is 7.66. The highest BCUT2D eigenvalue weighted by Gasteiger charge is 2.18. The van der Waals surface area contributed by atoms with E-state index in [-0.39, 0.29) is 23.4 Å². The molecular weight excluding hydrogens is 343 g/mol. The van der Waals surface area contributed by atoms with Gasteiger partial charge in [-0.05, 0) is 50.1 Å². The van der Waals surface area contributed by atoms with Gasteiger partial charge in [0.2, 0.25) is 11.8 Å². The van der Waals surface area contributed by atoms with E-state index in [0.717, 1.165) is 22.4 Å². The number of carbonyl (C=O) groups excluding carboxylic acids is 2. The zero-order chi connectivity index (χ0) is 18.7. The van der Waals surface area contributed by atoms with E-state index in [1.165, 1.54) is 30.0 Å². The number of aryl methyl sites for hydroxylation is 3. The summed E-state index contributed by atoms with van der Waals surface area (Å²) in [5.41, 5.74) is 4.11. The largest absolute Gasteiger partial charge is 0.324 e. The summed E-state index contributed by atoms with van der Waals surface area (Å²) in [6.07, 6.45) is 0. The Morgan fingerprint density at radius 3 is 2.24 bits per heavy atom. The van der Waals surface area contributed by atoms with Gasteiger partial charge in [-0.15, -0.1) is 0 Å². The molecule has 25 heavy (non-hydrogen) atoms. The van der Waals surface area contributed by atoms with E-state index < -0.39 is 5.82 Å². The standard InChI is InChI=1S/C19H20ClFN2O2/c1-11-7-12(2)19(13(3)8-11)22-18(25)10-23(14(4)24)15-5-6-17(21)16(20)9-15/h5-9H,10H2,1-4H3,(H,22,25). The SMILES string of the molecule is CC(=O)N(CC(=O)Nc1c(C)cc(C)cc1C)c1ccc(F)c(Cl)c1. The number of amides is 2. The maximum atomic E-state index is 13.3. The first-order valence-corrected chi connectivity index (χ1v) is 8.17. The molecule has 0 aliphatic heterocycles. The summed E-state index contributed by atoms with van der Waals surface area (Å²) in [6.45, 7) is 6.97. The molecule has 2 aromatic carbocycles. The van der Waals surface area contributed by atoms with E-state index in [2.05, 4.69) is 5.32 Å². The molecule has 0 aliphatic rings. The fraction of sp³-hybridized carbons (Fsp3) is 0.263. The molecular formula is C19H20ClFN2O2. The van der Waals surface area contributed by atoms with Crippen LogP contribution in [-0.4, -0.2) is 18.4 Å². The molecule has 0 heterocycles. The van der Waals surface area contributed by atoms with Crippen LogP contribution in [0.25, 0.3) is 0 Å². The Balaban J connectivity index is 2.21. The summed E-state index contributed by atoms with van der Waals surface area (Å²) < 4.78 is 13.3. The highest BCUT2D eigenvalue weighted by Crippen LogP contribution is 2.24. The predicted molar refractivity (Wildman–Crippen MR) is 98.7 cm³/mol. The number of rotatable bonds is 4. The van der Waals surface area contributed by atoms with Crippen molar-refractivity contribution in [3.05, 3.63) is 57.9 Å². The van der Waals surface area contributed by atoms with Gasteiger partial charge in [0, 0.05) is 18.3 Å². The van der Waals surface area contributed by atoms with Crippen LogP contribution in [0.15, 0.2) is 30.3 Å². The van der Waals surface area contributed by atoms with Crippen LogP contribution in [0.3, 0.4) is 0 Å². The molecule has 0 aliphatic carbocycles. The quantitative estimate of drug-likeness (QED) is 0.876. The molecule has 132 valence electrons. The third kappa shape index (κ3) is 4.57. The van der Waals surface area contributed by atoms with Gasteiger partial charge >= 0.3 is 0 Å². The van der Waals surface area contributed by atoms with E-state index in [4.69, 9.17) is 11.6 Å². The molecule has 0 bridgehead atoms. The fourth-order valence-corrected chi connectivity index (χ4v) is 2.91. The maximum absolute atomic E-state index is 13.3. The van der Waals surface area contributed by atoms with Crippen molar-refractivity contribution in [2.45, 2.75) is 27.7 Å². The van der Waals surface area contributed by atoms with Crippen molar-refractivity contribution in [2.75, 3.05) is 16.8 Å². The summed E-state index contributed by atoms with van der Waals surface area (Å²) in [4.78, 5) is 25.6. The number of hydrogen-bond acceptors (Lipinski definition) is 2. The number of halogens is 2. The van der Waals surface area contributed by atoms with E-state index in [1.807, 2.05) is 32.9 Å². The maximum Gasteiger partial charge on any atom is 0.244 e. The molecule has 4 nitrogen and oxygen atoms in total. The van der Waals surface area contributed by atoms with Crippen LogP contribution in [0.4, 0.5) is 15.8 Å². The van der Waals surface area contributed by atoms with Crippen LogP contribution in [0.2, 0.25) is 5.02 Å². The number of carbonyl (C=O) groups is 2. The molecule has 0 spiro atoms. The second-order valence-electron chi connectivity index (χ2n) is 6.03. The van der Waals surface area contributed by atoms with Crippen molar-refractivity contribution >= 4 is 34.8 Å². The molecule has 0 atom stereocenters. The van der Waals surface area contributed by atoms with Gasteiger partial charge in [-0.2, -0.15) is 0 Å². The lowest BCUT2D eigenvalue weighted by molar-refractivity contribution is -0.120. The van der Waals surface area contributed by atoms with E-state index >= 15 is 0 Å². The van der Waals surface area contributed by atoms with E-state index in [0.29, 0.717) is 5.69 Å². The summed E-state index contributed by atoms with van der Waals surface area (Å²) in [6, 6.07) is 7.86. The van der Waals surface area contributed by atoms with Crippen LogP contribution >= 0.6 is 11.6 Å². The monoisotopic (exact) mass is 362 g/mol. The van der Waals surface area contributed by atoms with Gasteiger partial charge in [-0.25, -0.2) is 4.39 Å². The molecule has 0 saturated heterocycles. The summed E-state index contributed by atoms with van der Waals surface area (Å²) >= 11 is 5.77. The number of nitrogens with zero attached hydrogens (tertiary/aromatic N) is 1. The summed E-state index contributed by atoms with van der Waals surface area (Å²) in [5, 5.41) is 2.74. The molecule has 2 aromatic rings. The minimum absolute atomic E-state index is 0.102. The number of nitrogens with one attached hydrogen (secondary N) is 1. The first-order valence-electron chi connectivity index (χ1n) is 7.80. The minimum Gasteiger partial charge on any atom is -0.324 e. The summed E-state index contributed by atoms with van der Waals surface area (Å²) in [5.74, 6) is -1.26. The highest BCUT2D eigenvalue weighted by atomic mass is 35.5. The molecule has 1 N–H and O–H groups in total. The van der Waals surface area contributed by atoms with Gasteiger partial charge in [0.25, 0.3) is 0 Å². The van der Waals surface area contributed by atoms with Gasteiger partial charge < -0.3 is 10.2 Å². The minimum atomic E-state index is -0.579. The van der Waals surface area contributed by atoms with Crippen molar-refractivity contribution in [2.24, 2.45) is 0 Å². The van der Waals surface area contributed by atoms with Gasteiger partial charge in [0.05, 0.1) is 5.02 Å². The third-order valence-electron chi connectivity index (χ3n) is 3.84. The second-order valence-corrected chi connectivity index (χ2v) is 6.43. The normalized spacial score (nSPS) is 10.5. The smallest absolute Gasteiger partial charge is 0.244 e. The average Bonchev–Trinajstić information content (AvgIpc) is 2.51. The Morgan fingerprint density at radius 1 is 1.12 bits per heavy atom. The molecule has 0 radical (unpaired) electrons. The first-order chi connectivity index (χ1) is 11.7. The zero-order valence-corrected chi connectivity index (χ0v) is 15.4. The van der Waals surface area contributed by atoms with Crippen molar-refractivity contribution in [1.82, 2.24) is 0 Å². The van der Waals surface area contributed by atoms with Crippen molar-refractivity contribution in [1.29, 1.82) is 0 Å². The lowest BCUT2D eigenvalue weighted by atomic mass is 10.1. The molecule has 6 heteroatoms. The van der Waals surface area contributed by atoms with Gasteiger partial charge in [-0.3, -0.25) is 9.59 Å². The van der Waals surface area contributed by atoms with E-state index in [9.17, 15) is 14.0 Å². The van der Waals surface area contributed by atoms with Crippen LogP contribution in [0.1, 0.15) is 23.6 Å². The van der Waals surface area contributed by atoms with Crippen LogP contribution in [0, 0.1) is 26.6 Å². The number of hydrogen-bond donors (Lipinski definition) is 1. The Hall–Kier alpha value is -2.40. The number of benzene rings is 2. The van der Waals surface area contributed by atoms with Crippen LogP contribution in [0.5, 0.6) is 0 Å². The topological polar surface area (TPSA) is 49.4 Å². The Morgan fingerprint density at radius 2 is 1.72 bits per heavy atom. The Bertz CT molecular complexity index is 813. The molecule has 0 unspecified atom stereocenters. The van der Waals surface area contributed by atoms with Crippen LogP contribution < -0.4 is 10.2 Å². The Labute approximate surface area is 151 Å². The first kappa shape index (κ1) is 18.9. The molecule has 2 rings (SSSR count). The van der Waals surface area contributed by atoms with Crippen molar-refractivity contribution in [3.63, 3.8) is 0 Å². The number of anilines is 2. The van der Waals surface area contributed by atoms with Crippen LogP contribution in [-0.2, 0) is 9.59 Å².